The van der Waals surface area contributed by atoms with E-state index in [0.717, 1.165) is 18.4 Å². The molecule has 1 unspecified atom stereocenters. The fourth-order valence-corrected chi connectivity index (χ4v) is 5.63. The van der Waals surface area contributed by atoms with Crippen molar-refractivity contribution in [1.29, 1.82) is 0 Å². The number of ketones is 1. The van der Waals surface area contributed by atoms with E-state index in [1.807, 2.05) is 6.07 Å². The Morgan fingerprint density at radius 1 is 1.16 bits per heavy atom. The number of aromatic nitrogens is 4. The number of carbonyl (C=O) groups is 3. The lowest BCUT2D eigenvalue weighted by Gasteiger charge is -2.39. The molecule has 5 heterocycles. The van der Waals surface area contributed by atoms with Crippen LogP contribution in [0, 0.1) is 0 Å². The summed E-state index contributed by atoms with van der Waals surface area (Å²) in [5.41, 5.74) is 14.8. The molecule has 2 aliphatic rings. The molecule has 194 valence electrons. The highest BCUT2D eigenvalue weighted by Gasteiger charge is 2.44. The number of nitrogens with two attached hydrogens (primary N) is 1. The Hall–Kier alpha value is -4.06. The van der Waals surface area contributed by atoms with Crippen molar-refractivity contribution in [1.82, 2.24) is 29.9 Å². The maximum Gasteiger partial charge on any atom is 0.248 e. The summed E-state index contributed by atoms with van der Waals surface area (Å²) in [5, 5.41) is 13.8. The van der Waals surface area contributed by atoms with Crippen LogP contribution in [-0.4, -0.2) is 65.9 Å². The fourth-order valence-electron chi connectivity index (χ4n) is 5.63. The lowest BCUT2D eigenvalue weighted by Crippen LogP contribution is -2.47. The number of carbonyl (C=O) groups excluding carboxylic acids is 3. The number of aliphatic hydroxyl groups is 1. The van der Waals surface area contributed by atoms with Gasteiger partial charge in [-0.15, -0.1) is 0 Å². The van der Waals surface area contributed by atoms with Crippen molar-refractivity contribution in [3.8, 4) is 11.1 Å². The summed E-state index contributed by atoms with van der Waals surface area (Å²) in [6, 6.07) is 3.57. The highest BCUT2D eigenvalue weighted by Crippen LogP contribution is 2.44. The van der Waals surface area contributed by atoms with Crippen molar-refractivity contribution in [3.63, 3.8) is 0 Å². The largest absolute Gasteiger partial charge is 0.387 e. The standard InChI is InChI=1S/C25H30N8O4/c1-3-20(36)31-30-19-7-4-14(10-27-19)18-11-28-33-24(26)22(13(2)35)23(29-25(18)33)15-8-16-5-6-17(9-15)32(16)21(37)12-34/h4,7,10-11,15-17,34H,3,5-6,8-9,12,26H2,1-2H3,(H,27,30)(H,31,36)/t15?,16-,17+. The van der Waals surface area contributed by atoms with Crippen LogP contribution in [0.25, 0.3) is 16.8 Å². The Morgan fingerprint density at radius 2 is 1.89 bits per heavy atom. The molecule has 12 nitrogen and oxygen atoms in total. The molecule has 12 heteroatoms. The molecule has 2 saturated heterocycles. The van der Waals surface area contributed by atoms with Crippen molar-refractivity contribution in [3.05, 3.63) is 35.8 Å². The molecular formula is C25H30N8O4. The van der Waals surface area contributed by atoms with Crippen LogP contribution >= 0.6 is 0 Å². The number of aliphatic hydroxyl groups excluding tert-OH is 1. The normalized spacial score (nSPS) is 20.7. The quantitative estimate of drug-likeness (QED) is 0.275. The minimum atomic E-state index is -0.500. The molecule has 0 radical (unpaired) electrons. The van der Waals surface area contributed by atoms with Gasteiger partial charge in [0.15, 0.2) is 11.4 Å². The molecule has 0 spiro atoms. The number of amides is 2. The van der Waals surface area contributed by atoms with E-state index in [2.05, 4.69) is 20.9 Å². The summed E-state index contributed by atoms with van der Waals surface area (Å²) in [6.07, 6.45) is 6.67. The summed E-state index contributed by atoms with van der Waals surface area (Å²) < 4.78 is 1.47. The molecule has 3 aromatic rings. The van der Waals surface area contributed by atoms with E-state index < -0.39 is 6.61 Å². The SMILES string of the molecule is CCC(=O)NNc1ccc(-c2cnn3c(N)c(C(C)=O)c(C4C[C@H]5CC[C@@H](C4)N5C(=O)CO)nc23)cn1. The van der Waals surface area contributed by atoms with Crippen LogP contribution in [0.5, 0.6) is 0 Å². The van der Waals surface area contributed by atoms with E-state index in [9.17, 15) is 19.5 Å². The van der Waals surface area contributed by atoms with Crippen LogP contribution in [0.2, 0.25) is 0 Å². The second kappa shape index (κ2) is 9.77. The van der Waals surface area contributed by atoms with Gasteiger partial charge in [0.25, 0.3) is 0 Å². The zero-order valence-corrected chi connectivity index (χ0v) is 20.8. The number of hydrogen-bond acceptors (Lipinski definition) is 9. The molecule has 2 fully saturated rings. The van der Waals surface area contributed by atoms with Crippen LogP contribution in [0.3, 0.4) is 0 Å². The Morgan fingerprint density at radius 3 is 2.49 bits per heavy atom. The summed E-state index contributed by atoms with van der Waals surface area (Å²) in [7, 11) is 0. The molecular weight excluding hydrogens is 476 g/mol. The number of hydrazine groups is 1. The predicted octanol–water partition coefficient (Wildman–Crippen LogP) is 1.66. The number of Topliss-reactive ketones (excluding diaryl/α,β-unsaturated/α-hetero) is 1. The average Bonchev–Trinajstić information content (AvgIpc) is 3.44. The number of rotatable bonds is 7. The van der Waals surface area contributed by atoms with Crippen LogP contribution in [0.1, 0.15) is 67.9 Å². The third-order valence-electron chi connectivity index (χ3n) is 7.33. The number of piperidine rings is 1. The molecule has 3 atom stereocenters. The Labute approximate surface area is 213 Å². The monoisotopic (exact) mass is 506 g/mol. The smallest absolute Gasteiger partial charge is 0.248 e. The Kier molecular flexibility index (Phi) is 6.50. The summed E-state index contributed by atoms with van der Waals surface area (Å²) in [6.45, 7) is 2.73. The minimum Gasteiger partial charge on any atom is -0.387 e. The molecule has 0 aromatic carbocycles. The van der Waals surface area contributed by atoms with Crippen molar-refractivity contribution in [2.24, 2.45) is 0 Å². The van der Waals surface area contributed by atoms with Gasteiger partial charge in [0.05, 0.1) is 17.5 Å². The van der Waals surface area contributed by atoms with E-state index >= 15 is 0 Å². The van der Waals surface area contributed by atoms with Gasteiger partial charge in [-0.2, -0.15) is 9.61 Å². The van der Waals surface area contributed by atoms with Crippen LogP contribution < -0.4 is 16.6 Å². The number of nitrogen functional groups attached to an aromatic ring is 1. The third-order valence-corrected chi connectivity index (χ3v) is 7.33. The predicted molar refractivity (Wildman–Crippen MR) is 135 cm³/mol. The molecule has 2 bridgehead atoms. The number of hydrogen-bond donors (Lipinski definition) is 4. The van der Waals surface area contributed by atoms with Gasteiger partial charge in [-0.1, -0.05) is 6.92 Å². The first kappa shape index (κ1) is 24.6. The van der Waals surface area contributed by atoms with E-state index in [1.54, 1.807) is 30.3 Å². The Balaban J connectivity index is 1.51. The number of fused-ring (bicyclic) bond motifs is 3. The summed E-state index contributed by atoms with van der Waals surface area (Å²) in [5.74, 6) is 0.0649. The van der Waals surface area contributed by atoms with Crippen LogP contribution in [0.4, 0.5) is 11.6 Å². The minimum absolute atomic E-state index is 0.00397. The molecule has 5 N–H and O–H groups in total. The molecule has 5 rings (SSSR count). The first-order chi connectivity index (χ1) is 17.8. The van der Waals surface area contributed by atoms with Gasteiger partial charge in [-0.3, -0.25) is 25.2 Å². The van der Waals surface area contributed by atoms with Gasteiger partial charge in [0.1, 0.15) is 18.2 Å². The highest BCUT2D eigenvalue weighted by molar-refractivity contribution is 6.00. The van der Waals surface area contributed by atoms with E-state index in [4.69, 9.17) is 10.7 Å². The first-order valence-corrected chi connectivity index (χ1v) is 12.4. The number of pyridine rings is 1. The number of anilines is 2. The third kappa shape index (κ3) is 4.37. The first-order valence-electron chi connectivity index (χ1n) is 12.4. The number of nitrogens with one attached hydrogen (secondary N) is 2. The molecule has 2 aliphatic heterocycles. The van der Waals surface area contributed by atoms with Crippen molar-refractivity contribution >= 4 is 34.9 Å². The van der Waals surface area contributed by atoms with Crippen LogP contribution in [0.15, 0.2) is 24.5 Å². The van der Waals surface area contributed by atoms with Gasteiger partial charge >= 0.3 is 0 Å². The fraction of sp³-hybridized carbons (Fsp3) is 0.440. The highest BCUT2D eigenvalue weighted by atomic mass is 16.3. The van der Waals surface area contributed by atoms with E-state index in [0.29, 0.717) is 47.5 Å². The van der Waals surface area contributed by atoms with Crippen molar-refractivity contribution in [2.45, 2.75) is 64.0 Å². The maximum atomic E-state index is 12.7. The van der Waals surface area contributed by atoms with Gasteiger partial charge in [0.2, 0.25) is 11.8 Å². The topological polar surface area (TPSA) is 168 Å². The Bertz CT molecular complexity index is 1360. The second-order valence-corrected chi connectivity index (χ2v) is 9.58. The second-order valence-electron chi connectivity index (χ2n) is 9.58. The lowest BCUT2D eigenvalue weighted by atomic mass is 9.85. The lowest BCUT2D eigenvalue weighted by molar-refractivity contribution is -0.138. The van der Waals surface area contributed by atoms with Gasteiger partial charge in [0, 0.05) is 41.7 Å². The molecule has 0 aliphatic carbocycles. The zero-order chi connectivity index (χ0) is 26.3. The zero-order valence-electron chi connectivity index (χ0n) is 20.8. The van der Waals surface area contributed by atoms with Crippen molar-refractivity contribution < 1.29 is 19.5 Å². The summed E-state index contributed by atoms with van der Waals surface area (Å²) >= 11 is 0. The van der Waals surface area contributed by atoms with Gasteiger partial charge in [-0.25, -0.2) is 9.97 Å². The summed E-state index contributed by atoms with van der Waals surface area (Å²) in [4.78, 5) is 47.6. The van der Waals surface area contributed by atoms with Crippen LogP contribution in [-0.2, 0) is 9.59 Å². The van der Waals surface area contributed by atoms with Crippen molar-refractivity contribution in [2.75, 3.05) is 17.8 Å². The molecule has 2 amide bonds. The van der Waals surface area contributed by atoms with E-state index in [1.165, 1.54) is 11.4 Å². The average molecular weight is 507 g/mol. The molecule has 3 aromatic heterocycles. The molecule has 0 saturated carbocycles. The van der Waals surface area contributed by atoms with Gasteiger partial charge in [-0.05, 0) is 44.7 Å². The van der Waals surface area contributed by atoms with E-state index in [-0.39, 0.29) is 41.4 Å². The molecule has 37 heavy (non-hydrogen) atoms. The maximum absolute atomic E-state index is 12.7. The van der Waals surface area contributed by atoms with Gasteiger partial charge < -0.3 is 15.7 Å². The number of nitrogens with zero attached hydrogens (tertiary/aromatic N) is 5.